The molecule has 1 atom stereocenters. The summed E-state index contributed by atoms with van der Waals surface area (Å²) in [5, 5.41) is 6.27. The number of hydrogen-bond acceptors (Lipinski definition) is 5. The van der Waals surface area contributed by atoms with Crippen LogP contribution in [0.15, 0.2) is 77.7 Å². The van der Waals surface area contributed by atoms with E-state index in [1.807, 2.05) is 0 Å². The number of hydrogen-bond donors (Lipinski definition) is 2. The highest BCUT2D eigenvalue weighted by Crippen LogP contribution is 2.37. The van der Waals surface area contributed by atoms with Crippen LogP contribution in [0.25, 0.3) is 0 Å². The molecule has 0 radical (unpaired) electrons. The van der Waals surface area contributed by atoms with Crippen molar-refractivity contribution >= 4 is 44.8 Å². The van der Waals surface area contributed by atoms with Crippen LogP contribution in [0.5, 0.6) is 5.75 Å². The maximum absolute atomic E-state index is 13.6. The van der Waals surface area contributed by atoms with E-state index in [2.05, 4.69) is 10.6 Å². The number of nitrogens with one attached hydrogen (secondary N) is 2. The summed E-state index contributed by atoms with van der Waals surface area (Å²) in [6, 6.07) is 19.4. The lowest BCUT2D eigenvalue weighted by Crippen LogP contribution is -2.49. The first-order chi connectivity index (χ1) is 18.3. The zero-order chi connectivity index (χ0) is 26.7. The molecule has 10 heteroatoms. The van der Waals surface area contributed by atoms with Gasteiger partial charge in [0.15, 0.2) is 6.10 Å². The molecule has 0 spiro atoms. The van der Waals surface area contributed by atoms with E-state index < -0.39 is 22.0 Å². The summed E-state index contributed by atoms with van der Waals surface area (Å²) in [5.41, 5.74) is 1.01. The monoisotopic (exact) mass is 553 g/mol. The molecule has 0 bridgehead atoms. The summed E-state index contributed by atoms with van der Waals surface area (Å²) in [6.45, 7) is -0.246. The summed E-state index contributed by atoms with van der Waals surface area (Å²) < 4.78 is 34.2. The molecule has 1 aliphatic heterocycles. The molecule has 198 valence electrons. The number of benzene rings is 3. The van der Waals surface area contributed by atoms with Crippen molar-refractivity contribution < 1.29 is 22.7 Å². The fourth-order valence-corrected chi connectivity index (χ4v) is 6.42. The maximum Gasteiger partial charge on any atom is 0.267 e. The average Bonchev–Trinajstić information content (AvgIpc) is 2.93. The molecule has 2 aliphatic rings. The van der Waals surface area contributed by atoms with Crippen molar-refractivity contribution in [2.24, 2.45) is 0 Å². The highest BCUT2D eigenvalue weighted by Gasteiger charge is 2.37. The van der Waals surface area contributed by atoms with Gasteiger partial charge in [0.1, 0.15) is 5.75 Å². The smallest absolute Gasteiger partial charge is 0.267 e. The Bertz CT molecular complexity index is 1440. The molecule has 2 amide bonds. The van der Waals surface area contributed by atoms with Gasteiger partial charge >= 0.3 is 0 Å². The van der Waals surface area contributed by atoms with Gasteiger partial charge < -0.3 is 15.4 Å². The van der Waals surface area contributed by atoms with Crippen molar-refractivity contribution in [3.8, 4) is 5.75 Å². The Kier molecular flexibility index (Phi) is 7.58. The van der Waals surface area contributed by atoms with E-state index in [1.165, 1.54) is 35.0 Å². The highest BCUT2D eigenvalue weighted by molar-refractivity contribution is 7.92. The third kappa shape index (κ3) is 5.49. The lowest BCUT2D eigenvalue weighted by atomic mass is 9.95. The molecule has 0 aromatic heterocycles. The van der Waals surface area contributed by atoms with Gasteiger partial charge in [-0.05, 0) is 61.4 Å². The molecular formula is C28H28ClN3O5S. The van der Waals surface area contributed by atoms with E-state index >= 15 is 0 Å². The highest BCUT2D eigenvalue weighted by atomic mass is 35.5. The minimum atomic E-state index is -4.02. The maximum atomic E-state index is 13.6. The Morgan fingerprint density at radius 1 is 0.895 bits per heavy atom. The third-order valence-corrected chi connectivity index (χ3v) is 8.84. The van der Waals surface area contributed by atoms with Crippen molar-refractivity contribution in [1.82, 2.24) is 5.32 Å². The summed E-state index contributed by atoms with van der Waals surface area (Å²) >= 11 is 5.95. The van der Waals surface area contributed by atoms with Crippen molar-refractivity contribution in [3.05, 3.63) is 83.4 Å². The van der Waals surface area contributed by atoms with Gasteiger partial charge in [0.2, 0.25) is 0 Å². The van der Waals surface area contributed by atoms with Gasteiger partial charge in [-0.3, -0.25) is 13.9 Å². The Labute approximate surface area is 227 Å². The van der Waals surface area contributed by atoms with Crippen LogP contribution in [0.3, 0.4) is 0 Å². The average molecular weight is 554 g/mol. The van der Waals surface area contributed by atoms with Gasteiger partial charge in [-0.1, -0.05) is 55.1 Å². The van der Waals surface area contributed by atoms with Crippen molar-refractivity contribution in [1.29, 1.82) is 0 Å². The van der Waals surface area contributed by atoms with Crippen LogP contribution in [0, 0.1) is 0 Å². The Morgan fingerprint density at radius 3 is 2.34 bits per heavy atom. The van der Waals surface area contributed by atoms with Gasteiger partial charge in [-0.2, -0.15) is 0 Å². The zero-order valence-corrected chi connectivity index (χ0v) is 22.2. The van der Waals surface area contributed by atoms with Crippen LogP contribution >= 0.6 is 11.6 Å². The summed E-state index contributed by atoms with van der Waals surface area (Å²) in [4.78, 5) is 26.5. The van der Waals surface area contributed by atoms with Gasteiger partial charge in [0.05, 0.1) is 28.4 Å². The van der Waals surface area contributed by atoms with Crippen LogP contribution in [0.4, 0.5) is 11.4 Å². The van der Waals surface area contributed by atoms with Gasteiger partial charge in [0.25, 0.3) is 21.8 Å². The molecule has 2 N–H and O–H groups in total. The van der Waals surface area contributed by atoms with Crippen molar-refractivity contribution in [2.45, 2.75) is 49.1 Å². The number of para-hydroxylation sites is 3. The van der Waals surface area contributed by atoms with Crippen molar-refractivity contribution in [3.63, 3.8) is 0 Å². The minimum absolute atomic E-state index is 0.0440. The summed E-state index contributed by atoms with van der Waals surface area (Å²) in [5.74, 6) is -0.553. The van der Waals surface area contributed by atoms with Crippen molar-refractivity contribution in [2.75, 3.05) is 16.2 Å². The molecular weight excluding hydrogens is 526 g/mol. The topological polar surface area (TPSA) is 105 Å². The van der Waals surface area contributed by atoms with Crippen LogP contribution in [-0.2, 0) is 14.8 Å². The SMILES string of the molecule is O=C(NC1CCCCC1)c1ccccc1NC(=O)[C@@H]1CN(S(=O)(=O)c2ccc(Cl)cc2)c2ccccc2O1. The van der Waals surface area contributed by atoms with E-state index in [9.17, 15) is 18.0 Å². The molecule has 1 heterocycles. The molecule has 3 aromatic carbocycles. The minimum Gasteiger partial charge on any atom is -0.476 e. The Balaban J connectivity index is 1.38. The molecule has 1 saturated carbocycles. The van der Waals surface area contributed by atoms with Gasteiger partial charge in [-0.25, -0.2) is 8.42 Å². The first-order valence-electron chi connectivity index (χ1n) is 12.6. The molecule has 0 unspecified atom stereocenters. The number of fused-ring (bicyclic) bond motifs is 1. The second-order valence-corrected chi connectivity index (χ2v) is 11.7. The van der Waals surface area contributed by atoms with Crippen LogP contribution in [0.1, 0.15) is 42.5 Å². The fourth-order valence-electron chi connectivity index (χ4n) is 4.81. The van der Waals surface area contributed by atoms with Crippen LogP contribution in [-0.4, -0.2) is 38.9 Å². The predicted octanol–water partition coefficient (Wildman–Crippen LogP) is 5.00. The van der Waals surface area contributed by atoms with Crippen LogP contribution in [0.2, 0.25) is 5.02 Å². The number of nitrogens with zero attached hydrogens (tertiary/aromatic N) is 1. The fraction of sp³-hybridized carbons (Fsp3) is 0.286. The number of ether oxygens (including phenoxy) is 1. The number of carbonyl (C=O) groups is 2. The Hall–Kier alpha value is -3.56. The number of amides is 2. The van der Waals surface area contributed by atoms with Gasteiger partial charge in [0, 0.05) is 11.1 Å². The Morgan fingerprint density at radius 2 is 1.58 bits per heavy atom. The zero-order valence-electron chi connectivity index (χ0n) is 20.6. The number of rotatable bonds is 6. The van der Waals surface area contributed by atoms with Crippen LogP contribution < -0.4 is 19.7 Å². The summed E-state index contributed by atoms with van der Waals surface area (Å²) in [6.07, 6.45) is 4.06. The molecule has 5 rings (SSSR count). The molecule has 8 nitrogen and oxygen atoms in total. The third-order valence-electron chi connectivity index (χ3n) is 6.80. The number of carbonyl (C=O) groups excluding carboxylic acids is 2. The number of anilines is 2. The molecule has 1 aliphatic carbocycles. The second kappa shape index (κ2) is 11.0. The van der Waals surface area contributed by atoms with E-state index in [1.54, 1.807) is 48.5 Å². The molecule has 38 heavy (non-hydrogen) atoms. The number of sulfonamides is 1. The van der Waals surface area contributed by atoms with E-state index in [0.717, 1.165) is 25.7 Å². The first kappa shape index (κ1) is 26.1. The normalized spacial score (nSPS) is 17.7. The largest absolute Gasteiger partial charge is 0.476 e. The lowest BCUT2D eigenvalue weighted by molar-refractivity contribution is -0.122. The van der Waals surface area contributed by atoms with Gasteiger partial charge in [-0.15, -0.1) is 0 Å². The summed E-state index contributed by atoms with van der Waals surface area (Å²) in [7, 11) is -4.02. The lowest BCUT2D eigenvalue weighted by Gasteiger charge is -2.34. The first-order valence-corrected chi connectivity index (χ1v) is 14.4. The molecule has 0 saturated heterocycles. The number of halogens is 1. The second-order valence-electron chi connectivity index (χ2n) is 9.41. The molecule has 3 aromatic rings. The standard InChI is InChI=1S/C28H28ClN3O5S/c29-19-14-16-21(17-15-19)38(35,36)32-18-26(37-25-13-7-6-12-24(25)32)28(34)31-23-11-5-4-10-22(23)27(33)30-20-8-2-1-3-9-20/h4-7,10-17,20,26H,1-3,8-9,18H2,(H,30,33)(H,31,34)/t26-/m0/s1. The predicted molar refractivity (Wildman–Crippen MR) is 146 cm³/mol. The van der Waals surface area contributed by atoms with E-state index in [-0.39, 0.29) is 29.1 Å². The van der Waals surface area contributed by atoms with E-state index in [0.29, 0.717) is 22.0 Å². The quantitative estimate of drug-likeness (QED) is 0.447. The molecule has 1 fully saturated rings. The van der Waals surface area contributed by atoms with E-state index in [4.69, 9.17) is 16.3 Å².